The van der Waals surface area contributed by atoms with Crippen LogP contribution in [-0.4, -0.2) is 21.9 Å². The number of carbonyl (C=O) groups excluding carboxylic acids is 1. The summed E-state index contributed by atoms with van der Waals surface area (Å²) in [5.41, 5.74) is 0.334. The third-order valence-corrected chi connectivity index (χ3v) is 6.06. The molecule has 28 heavy (non-hydrogen) atoms. The van der Waals surface area contributed by atoms with Crippen molar-refractivity contribution >= 4 is 72.6 Å². The van der Waals surface area contributed by atoms with Crippen LogP contribution in [0, 0.1) is 10.1 Å². The highest BCUT2D eigenvalue weighted by Gasteiger charge is 2.28. The van der Waals surface area contributed by atoms with Crippen LogP contribution in [0.3, 0.4) is 0 Å². The third kappa shape index (κ3) is 3.28. The van der Waals surface area contributed by atoms with Gasteiger partial charge in [-0.2, -0.15) is 0 Å². The Hall–Kier alpha value is -2.75. The summed E-state index contributed by atoms with van der Waals surface area (Å²) in [7, 11) is 0. The largest absolute Gasteiger partial charge is 0.507 e. The van der Waals surface area contributed by atoms with Crippen molar-refractivity contribution < 1.29 is 19.6 Å². The molecule has 2 heterocycles. The van der Waals surface area contributed by atoms with Crippen LogP contribution in [0.2, 0.25) is 5.02 Å². The Morgan fingerprint density at radius 1 is 1.29 bits per heavy atom. The number of halogens is 2. The number of carbonyl (C=O) groups is 1. The smallest absolute Gasteiger partial charge is 0.363 e. The fourth-order valence-corrected chi connectivity index (χ4v) is 4.45. The first-order chi connectivity index (χ1) is 13.3. The van der Waals surface area contributed by atoms with Gasteiger partial charge in [-0.05, 0) is 30.3 Å². The molecule has 1 aliphatic heterocycles. The van der Waals surface area contributed by atoms with Crippen molar-refractivity contribution in [2.75, 3.05) is 0 Å². The van der Waals surface area contributed by atoms with Gasteiger partial charge in [0.1, 0.15) is 10.6 Å². The second-order valence-electron chi connectivity index (χ2n) is 5.72. The summed E-state index contributed by atoms with van der Waals surface area (Å²) in [6.45, 7) is 0. The lowest BCUT2D eigenvalue weighted by molar-refractivity contribution is -0.384. The van der Waals surface area contributed by atoms with E-state index in [1.54, 1.807) is 18.2 Å². The van der Waals surface area contributed by atoms with Gasteiger partial charge in [-0.25, -0.2) is 9.79 Å². The zero-order valence-corrected chi connectivity index (χ0v) is 16.8. The average Bonchev–Trinajstić information content (AvgIpc) is 3.18. The fraction of sp³-hybridized carbons (Fsp3) is 0. The van der Waals surface area contributed by atoms with Gasteiger partial charge in [0.05, 0.1) is 9.95 Å². The maximum atomic E-state index is 12.2. The first kappa shape index (κ1) is 18.6. The van der Waals surface area contributed by atoms with Crippen molar-refractivity contribution in [3.63, 3.8) is 0 Å². The number of aliphatic imine (C=N–C) groups is 1. The van der Waals surface area contributed by atoms with Crippen LogP contribution in [0.4, 0.5) is 5.69 Å². The van der Waals surface area contributed by atoms with Crippen molar-refractivity contribution in [3.8, 4) is 5.75 Å². The molecule has 140 valence electrons. The van der Waals surface area contributed by atoms with Crippen LogP contribution in [-0.2, 0) is 9.53 Å². The molecule has 10 heteroatoms. The molecule has 0 spiro atoms. The molecule has 2 aromatic carbocycles. The summed E-state index contributed by atoms with van der Waals surface area (Å²) >= 11 is 10.8. The van der Waals surface area contributed by atoms with Crippen LogP contribution in [0.1, 0.15) is 10.4 Å². The van der Waals surface area contributed by atoms with Crippen LogP contribution in [0.25, 0.3) is 16.2 Å². The number of nitro benzene ring substituents is 1. The van der Waals surface area contributed by atoms with E-state index >= 15 is 0 Å². The van der Waals surface area contributed by atoms with E-state index in [9.17, 15) is 20.0 Å². The second kappa shape index (κ2) is 7.01. The third-order valence-electron chi connectivity index (χ3n) is 3.92. The van der Waals surface area contributed by atoms with Crippen LogP contribution < -0.4 is 0 Å². The molecule has 0 atom stereocenters. The summed E-state index contributed by atoms with van der Waals surface area (Å²) in [6, 6.07) is 9.09. The maximum Gasteiger partial charge on any atom is 0.363 e. The predicted molar refractivity (Wildman–Crippen MR) is 110 cm³/mol. The number of fused-ring (bicyclic) bond motifs is 1. The van der Waals surface area contributed by atoms with E-state index in [1.165, 1.54) is 24.3 Å². The predicted octanol–water partition coefficient (Wildman–Crippen LogP) is 5.28. The number of hydrogen-bond donors (Lipinski definition) is 1. The van der Waals surface area contributed by atoms with Gasteiger partial charge in [-0.15, -0.1) is 11.3 Å². The number of phenols is 1. The maximum absolute atomic E-state index is 12.2. The minimum Gasteiger partial charge on any atom is -0.507 e. The molecule has 1 aromatic heterocycles. The number of thiophene rings is 1. The number of phenolic OH excluding ortho intramolecular Hbond substituents is 1. The van der Waals surface area contributed by atoms with Crippen LogP contribution >= 0.6 is 38.9 Å². The zero-order chi connectivity index (χ0) is 20.0. The zero-order valence-electron chi connectivity index (χ0n) is 13.7. The molecule has 0 fully saturated rings. The lowest BCUT2D eigenvalue weighted by Gasteiger charge is -1.99. The van der Waals surface area contributed by atoms with Gasteiger partial charge in [0.2, 0.25) is 5.90 Å². The standard InChI is InChI=1S/C18H8BrClN2O5S/c19-9-1-4-13(23)8(5-9)6-12-18(24)27-17(21-12)16-15(20)11-3-2-10(22(25)26)7-14(11)28-16/h1-7,23H/b12-6+. The molecule has 0 radical (unpaired) electrons. The number of nitrogens with zero attached hydrogens (tertiary/aromatic N) is 2. The SMILES string of the molecule is O=C1OC(c2sc3cc([N+](=O)[O-])ccc3c2Cl)=N/C1=C/c1cc(Br)ccc1O. The summed E-state index contributed by atoms with van der Waals surface area (Å²) in [6.07, 6.45) is 1.40. The van der Waals surface area contributed by atoms with Gasteiger partial charge in [0.15, 0.2) is 5.70 Å². The normalized spacial score (nSPS) is 15.1. The lowest BCUT2D eigenvalue weighted by Crippen LogP contribution is -2.04. The van der Waals surface area contributed by atoms with E-state index in [-0.39, 0.29) is 23.0 Å². The van der Waals surface area contributed by atoms with Crippen molar-refractivity contribution in [2.24, 2.45) is 4.99 Å². The Morgan fingerprint density at radius 2 is 2.07 bits per heavy atom. The van der Waals surface area contributed by atoms with Crippen molar-refractivity contribution in [2.45, 2.75) is 0 Å². The minimum absolute atomic E-state index is 0.00269. The Bertz CT molecular complexity index is 1230. The molecule has 1 aliphatic rings. The van der Waals surface area contributed by atoms with E-state index < -0.39 is 10.9 Å². The Kier molecular flexibility index (Phi) is 4.66. The molecular weight excluding hydrogens is 472 g/mol. The summed E-state index contributed by atoms with van der Waals surface area (Å²) in [5, 5.41) is 21.8. The number of ether oxygens (including phenoxy) is 1. The molecule has 0 saturated heterocycles. The highest BCUT2D eigenvalue weighted by atomic mass is 79.9. The van der Waals surface area contributed by atoms with Crippen molar-refractivity contribution in [3.05, 3.63) is 72.1 Å². The lowest BCUT2D eigenvalue weighted by atomic mass is 10.1. The molecule has 3 aromatic rings. The molecule has 0 bridgehead atoms. The highest BCUT2D eigenvalue weighted by molar-refractivity contribution is 9.10. The van der Waals surface area contributed by atoms with Crippen molar-refractivity contribution in [1.82, 2.24) is 0 Å². The highest BCUT2D eigenvalue weighted by Crippen LogP contribution is 2.39. The van der Waals surface area contributed by atoms with E-state index in [1.807, 2.05) is 0 Å². The Morgan fingerprint density at radius 3 is 2.82 bits per heavy atom. The van der Waals surface area contributed by atoms with Gasteiger partial charge >= 0.3 is 5.97 Å². The van der Waals surface area contributed by atoms with Gasteiger partial charge in [0.25, 0.3) is 5.69 Å². The first-order valence-electron chi connectivity index (χ1n) is 7.71. The van der Waals surface area contributed by atoms with E-state index in [2.05, 4.69) is 20.9 Å². The number of rotatable bonds is 3. The summed E-state index contributed by atoms with van der Waals surface area (Å²) in [4.78, 5) is 27.3. The molecule has 0 saturated carbocycles. The van der Waals surface area contributed by atoms with Gasteiger partial charge in [-0.3, -0.25) is 10.1 Å². The number of benzene rings is 2. The van der Waals surface area contributed by atoms with E-state index in [4.69, 9.17) is 16.3 Å². The molecule has 0 unspecified atom stereocenters. The number of aromatic hydroxyl groups is 1. The monoisotopic (exact) mass is 478 g/mol. The van der Waals surface area contributed by atoms with Gasteiger partial charge in [-0.1, -0.05) is 27.5 Å². The van der Waals surface area contributed by atoms with E-state index in [0.29, 0.717) is 25.5 Å². The Labute approximate surface area is 174 Å². The molecule has 0 amide bonds. The van der Waals surface area contributed by atoms with Gasteiger partial charge < -0.3 is 9.84 Å². The van der Waals surface area contributed by atoms with Crippen molar-refractivity contribution in [1.29, 1.82) is 0 Å². The molecule has 1 N–H and O–H groups in total. The number of cyclic esters (lactones) is 1. The number of non-ortho nitro benzene ring substituents is 1. The van der Waals surface area contributed by atoms with Gasteiger partial charge in [0, 0.05) is 32.3 Å². The quantitative estimate of drug-likeness (QED) is 0.238. The van der Waals surface area contributed by atoms with E-state index in [0.717, 1.165) is 15.8 Å². The average molecular weight is 480 g/mol. The topological polar surface area (TPSA) is 102 Å². The summed E-state index contributed by atoms with van der Waals surface area (Å²) in [5.74, 6) is -0.687. The number of hydrogen-bond acceptors (Lipinski definition) is 7. The molecular formula is C18H8BrClN2O5S. The minimum atomic E-state index is -0.686. The fourth-order valence-electron chi connectivity index (χ4n) is 2.60. The molecule has 7 nitrogen and oxygen atoms in total. The molecule has 0 aliphatic carbocycles. The molecule has 4 rings (SSSR count). The summed E-state index contributed by atoms with van der Waals surface area (Å²) < 4.78 is 6.53. The second-order valence-corrected chi connectivity index (χ2v) is 8.07. The Balaban J connectivity index is 1.77. The number of esters is 1. The number of nitro groups is 1. The van der Waals surface area contributed by atoms with Crippen LogP contribution in [0.15, 0.2) is 51.6 Å². The van der Waals surface area contributed by atoms with Crippen LogP contribution in [0.5, 0.6) is 5.75 Å². The first-order valence-corrected chi connectivity index (χ1v) is 9.70.